The number of aromatic nitrogens is 2. The molecule has 1 aromatic carbocycles. The Bertz CT molecular complexity index is 928. The molecule has 1 atom stereocenters. The van der Waals surface area contributed by atoms with Crippen molar-refractivity contribution in [3.8, 4) is 0 Å². The van der Waals surface area contributed by atoms with E-state index in [0.717, 1.165) is 16.7 Å². The number of fused-ring (bicyclic) bond motifs is 3. The van der Waals surface area contributed by atoms with Gasteiger partial charge in [-0.3, -0.25) is 9.59 Å². The second-order valence-electron chi connectivity index (χ2n) is 5.95. The van der Waals surface area contributed by atoms with Crippen LogP contribution in [0.1, 0.15) is 19.2 Å². The third-order valence-corrected chi connectivity index (χ3v) is 3.78. The van der Waals surface area contributed by atoms with Crippen LogP contribution in [0.4, 0.5) is 0 Å². The fraction of sp³-hybridized carbons (Fsp3) is 0.353. The molecule has 0 saturated heterocycles. The van der Waals surface area contributed by atoms with Crippen LogP contribution in [-0.4, -0.2) is 36.0 Å². The maximum Gasteiger partial charge on any atom is 0.294 e. The van der Waals surface area contributed by atoms with E-state index in [0.29, 0.717) is 36.6 Å². The van der Waals surface area contributed by atoms with E-state index in [1.165, 1.54) is 0 Å². The first kappa shape index (κ1) is 16.2. The molecule has 0 bridgehead atoms. The van der Waals surface area contributed by atoms with Gasteiger partial charge in [-0.1, -0.05) is 19.1 Å². The summed E-state index contributed by atoms with van der Waals surface area (Å²) < 4.78 is 5.57. The molecule has 0 aliphatic heterocycles. The van der Waals surface area contributed by atoms with Crippen LogP contribution in [0, 0.1) is 0 Å². The molecular weight excluding hydrogens is 308 g/mol. The van der Waals surface area contributed by atoms with Crippen molar-refractivity contribution in [3.05, 3.63) is 40.4 Å². The molecule has 0 spiro atoms. The number of benzene rings is 1. The van der Waals surface area contributed by atoms with Gasteiger partial charge in [-0.25, -0.2) is 4.98 Å². The molecule has 3 rings (SSSR count). The van der Waals surface area contributed by atoms with Crippen molar-refractivity contribution < 1.29 is 14.1 Å². The van der Waals surface area contributed by atoms with Gasteiger partial charge in [0.2, 0.25) is 5.58 Å². The molecule has 3 N–H and O–H groups in total. The van der Waals surface area contributed by atoms with Crippen LogP contribution in [0.5, 0.6) is 0 Å². The van der Waals surface area contributed by atoms with Crippen molar-refractivity contribution in [3.63, 3.8) is 0 Å². The Morgan fingerprint density at radius 2 is 2.17 bits per heavy atom. The summed E-state index contributed by atoms with van der Waals surface area (Å²) >= 11 is 0. The van der Waals surface area contributed by atoms with Crippen molar-refractivity contribution in [2.45, 2.75) is 19.9 Å². The molecule has 24 heavy (non-hydrogen) atoms. The molecular formula is C17H21N4O3+. The lowest BCUT2D eigenvalue weighted by Crippen LogP contribution is -3.09. The number of carbonyl (C=O) groups excluding carboxylic acids is 1. The zero-order chi connectivity index (χ0) is 17.1. The molecule has 1 unspecified atom stereocenters. The maximum absolute atomic E-state index is 12.2. The average molecular weight is 329 g/mol. The van der Waals surface area contributed by atoms with Gasteiger partial charge in [-0.15, -0.1) is 0 Å². The Balaban J connectivity index is 1.83. The first-order valence-electron chi connectivity index (χ1n) is 8.07. The number of rotatable bonds is 6. The smallest absolute Gasteiger partial charge is 0.294 e. The number of nitrogens with one attached hydrogen (secondary N) is 3. The summed E-state index contributed by atoms with van der Waals surface area (Å²) in [5, 5.41) is 3.66. The zero-order valence-corrected chi connectivity index (χ0v) is 13.8. The maximum atomic E-state index is 12.2. The Kier molecular flexibility index (Phi) is 4.61. The number of nitrogens with zero attached hydrogens (tertiary/aromatic N) is 1. The van der Waals surface area contributed by atoms with Crippen LogP contribution in [-0.2, 0) is 11.3 Å². The first-order valence-corrected chi connectivity index (χ1v) is 8.07. The predicted molar refractivity (Wildman–Crippen MR) is 90.9 cm³/mol. The third kappa shape index (κ3) is 3.30. The highest BCUT2D eigenvalue weighted by molar-refractivity contribution is 6.01. The molecule has 0 fully saturated rings. The molecule has 3 aromatic rings. The SMILES string of the molecule is CCCNC(=O)C[NH+](C)Cc1nc2c(oc3ccccc32)c(=O)[nH]1. The van der Waals surface area contributed by atoms with Gasteiger partial charge in [-0.05, 0) is 18.6 Å². The van der Waals surface area contributed by atoms with E-state index >= 15 is 0 Å². The molecule has 1 amide bonds. The van der Waals surface area contributed by atoms with E-state index in [2.05, 4.69) is 15.3 Å². The number of amides is 1. The van der Waals surface area contributed by atoms with Gasteiger partial charge in [0.05, 0.1) is 7.05 Å². The van der Waals surface area contributed by atoms with Gasteiger partial charge in [-0.2, -0.15) is 0 Å². The van der Waals surface area contributed by atoms with E-state index in [1.54, 1.807) is 0 Å². The van der Waals surface area contributed by atoms with Crippen LogP contribution in [0.15, 0.2) is 33.5 Å². The summed E-state index contributed by atoms with van der Waals surface area (Å²) in [4.78, 5) is 32.2. The minimum absolute atomic E-state index is 0.00784. The Morgan fingerprint density at radius 3 is 2.96 bits per heavy atom. The lowest BCUT2D eigenvalue weighted by Gasteiger charge is -2.12. The van der Waals surface area contributed by atoms with E-state index in [-0.39, 0.29) is 17.0 Å². The molecule has 0 saturated carbocycles. The van der Waals surface area contributed by atoms with Crippen LogP contribution in [0.2, 0.25) is 0 Å². The van der Waals surface area contributed by atoms with Crippen LogP contribution < -0.4 is 15.8 Å². The van der Waals surface area contributed by atoms with Gasteiger partial charge in [0, 0.05) is 11.9 Å². The minimum atomic E-state index is -0.297. The molecule has 0 radical (unpaired) electrons. The number of quaternary nitrogens is 1. The Hall–Kier alpha value is -2.67. The second kappa shape index (κ2) is 6.84. The third-order valence-electron chi connectivity index (χ3n) is 3.78. The van der Waals surface area contributed by atoms with Crippen LogP contribution in [0.25, 0.3) is 22.1 Å². The highest BCUT2D eigenvalue weighted by Crippen LogP contribution is 2.24. The van der Waals surface area contributed by atoms with Crippen molar-refractivity contribution in [1.82, 2.24) is 15.3 Å². The van der Waals surface area contributed by atoms with Crippen molar-refractivity contribution in [2.24, 2.45) is 0 Å². The fourth-order valence-electron chi connectivity index (χ4n) is 2.68. The number of hydrogen-bond donors (Lipinski definition) is 3. The quantitative estimate of drug-likeness (QED) is 0.603. The van der Waals surface area contributed by atoms with Gasteiger partial charge >= 0.3 is 0 Å². The normalized spacial score (nSPS) is 12.6. The average Bonchev–Trinajstić information content (AvgIpc) is 2.92. The molecule has 7 heteroatoms. The number of para-hydroxylation sites is 1. The first-order chi connectivity index (χ1) is 11.6. The predicted octanol–water partition coefficient (Wildman–Crippen LogP) is 0.210. The van der Waals surface area contributed by atoms with Gasteiger partial charge in [0.1, 0.15) is 17.6 Å². The number of aromatic amines is 1. The van der Waals surface area contributed by atoms with Crippen LogP contribution >= 0.6 is 0 Å². The zero-order valence-electron chi connectivity index (χ0n) is 13.8. The molecule has 7 nitrogen and oxygen atoms in total. The summed E-state index contributed by atoms with van der Waals surface area (Å²) in [7, 11) is 1.89. The van der Waals surface area contributed by atoms with Crippen LogP contribution in [0.3, 0.4) is 0 Å². The van der Waals surface area contributed by atoms with Crippen molar-refractivity contribution in [1.29, 1.82) is 0 Å². The van der Waals surface area contributed by atoms with Crippen molar-refractivity contribution >= 4 is 28.0 Å². The molecule has 0 aliphatic carbocycles. The standard InChI is InChI=1S/C17H20N4O3/c1-3-8-18-14(22)10-21(2)9-13-19-15-11-6-4-5-7-12(11)24-16(15)17(23)20-13/h4-7H,3,8-10H2,1-2H3,(H,18,22)(H,19,20,23)/p+1. The Morgan fingerprint density at radius 1 is 1.38 bits per heavy atom. The molecule has 2 aromatic heterocycles. The van der Waals surface area contributed by atoms with E-state index < -0.39 is 0 Å². The number of carbonyl (C=O) groups is 1. The summed E-state index contributed by atoms with van der Waals surface area (Å²) in [6, 6.07) is 7.43. The largest absolute Gasteiger partial charge is 0.449 e. The number of hydrogen-bond acceptors (Lipinski definition) is 4. The lowest BCUT2D eigenvalue weighted by atomic mass is 10.2. The second-order valence-corrected chi connectivity index (χ2v) is 5.95. The van der Waals surface area contributed by atoms with E-state index in [1.807, 2.05) is 38.2 Å². The molecule has 0 aliphatic rings. The monoisotopic (exact) mass is 329 g/mol. The van der Waals surface area contributed by atoms with Crippen molar-refractivity contribution in [2.75, 3.05) is 20.1 Å². The highest BCUT2D eigenvalue weighted by atomic mass is 16.3. The van der Waals surface area contributed by atoms with Gasteiger partial charge in [0.15, 0.2) is 12.4 Å². The van der Waals surface area contributed by atoms with Gasteiger partial charge < -0.3 is 19.6 Å². The topological polar surface area (TPSA) is 92.4 Å². The molecule has 2 heterocycles. The summed E-state index contributed by atoms with van der Waals surface area (Å²) in [6.45, 7) is 3.46. The molecule has 126 valence electrons. The number of H-pyrrole nitrogens is 1. The number of furan rings is 1. The van der Waals surface area contributed by atoms with E-state index in [9.17, 15) is 9.59 Å². The van der Waals surface area contributed by atoms with Gasteiger partial charge in [0.25, 0.3) is 11.5 Å². The fourth-order valence-corrected chi connectivity index (χ4v) is 2.68. The summed E-state index contributed by atoms with van der Waals surface area (Å²) in [6.07, 6.45) is 0.907. The van der Waals surface area contributed by atoms with E-state index in [4.69, 9.17) is 4.42 Å². The number of likely N-dealkylation sites (N-methyl/N-ethyl adjacent to an activating group) is 1. The highest BCUT2D eigenvalue weighted by Gasteiger charge is 2.16. The Labute approximate surface area is 138 Å². The summed E-state index contributed by atoms with van der Waals surface area (Å²) in [5.41, 5.74) is 1.14. The minimum Gasteiger partial charge on any atom is -0.449 e. The lowest BCUT2D eigenvalue weighted by molar-refractivity contribution is -0.886. The summed E-state index contributed by atoms with van der Waals surface area (Å²) in [5.74, 6) is 0.534.